The number of anilines is 1. The predicted octanol–water partition coefficient (Wildman–Crippen LogP) is 3.06. The molecule has 0 heterocycles. The lowest BCUT2D eigenvalue weighted by molar-refractivity contribution is 0.1000. The smallest absolute Gasteiger partial charge is 0.248 e. The van der Waals surface area contributed by atoms with Gasteiger partial charge >= 0.3 is 0 Å². The Balaban J connectivity index is 2.04. The molecule has 0 aliphatic carbocycles. The number of amides is 1. The van der Waals surface area contributed by atoms with Crippen LogP contribution in [0.4, 0.5) is 5.69 Å². The first-order valence-electron chi connectivity index (χ1n) is 6.09. The molecule has 0 aromatic heterocycles. The molecule has 0 saturated heterocycles. The number of halogens is 1. The highest BCUT2D eigenvalue weighted by atomic mass is 35.5. The molecule has 0 spiro atoms. The highest BCUT2D eigenvalue weighted by molar-refractivity contribution is 6.31. The van der Waals surface area contributed by atoms with E-state index in [0.29, 0.717) is 17.2 Å². The Hall–Kier alpha value is -2.20. The Morgan fingerprint density at radius 2 is 1.95 bits per heavy atom. The van der Waals surface area contributed by atoms with Gasteiger partial charge in [-0.25, -0.2) is 0 Å². The second-order valence-electron chi connectivity index (χ2n) is 4.23. The van der Waals surface area contributed by atoms with E-state index < -0.39 is 5.91 Å². The zero-order valence-corrected chi connectivity index (χ0v) is 11.8. The Morgan fingerprint density at radius 3 is 2.50 bits per heavy atom. The van der Waals surface area contributed by atoms with Crippen LogP contribution in [-0.4, -0.2) is 13.0 Å². The van der Waals surface area contributed by atoms with Crippen LogP contribution < -0.4 is 15.8 Å². The Labute approximate surface area is 122 Å². The van der Waals surface area contributed by atoms with Crippen molar-refractivity contribution in [3.05, 3.63) is 58.6 Å². The second kappa shape index (κ2) is 6.30. The van der Waals surface area contributed by atoms with Gasteiger partial charge in [0.1, 0.15) is 12.4 Å². The van der Waals surface area contributed by atoms with Crippen LogP contribution in [0, 0.1) is 0 Å². The first-order valence-corrected chi connectivity index (χ1v) is 6.47. The highest BCUT2D eigenvalue weighted by Gasteiger charge is 2.06. The van der Waals surface area contributed by atoms with Crippen molar-refractivity contribution in [1.82, 2.24) is 0 Å². The van der Waals surface area contributed by atoms with E-state index in [9.17, 15) is 4.79 Å². The molecule has 0 aliphatic rings. The molecule has 0 atom stereocenters. The molecule has 4 nitrogen and oxygen atoms in total. The van der Waals surface area contributed by atoms with E-state index in [2.05, 4.69) is 5.32 Å². The van der Waals surface area contributed by atoms with Crippen molar-refractivity contribution in [2.45, 2.75) is 6.61 Å². The number of nitrogens with two attached hydrogens (primary N) is 1. The van der Waals surface area contributed by atoms with Crippen molar-refractivity contribution < 1.29 is 9.53 Å². The number of hydrogen-bond donors (Lipinski definition) is 2. The first kappa shape index (κ1) is 14.2. The molecule has 5 heteroatoms. The van der Waals surface area contributed by atoms with Crippen LogP contribution in [0.2, 0.25) is 5.02 Å². The van der Waals surface area contributed by atoms with E-state index in [1.54, 1.807) is 18.2 Å². The number of benzene rings is 2. The summed E-state index contributed by atoms with van der Waals surface area (Å²) in [6, 6.07) is 12.5. The van der Waals surface area contributed by atoms with Gasteiger partial charge in [-0.3, -0.25) is 4.79 Å². The van der Waals surface area contributed by atoms with Crippen LogP contribution in [0.15, 0.2) is 42.5 Å². The number of hydrogen-bond acceptors (Lipinski definition) is 3. The van der Waals surface area contributed by atoms with E-state index in [-0.39, 0.29) is 0 Å². The minimum absolute atomic E-state index is 0.330. The van der Waals surface area contributed by atoms with E-state index in [0.717, 1.165) is 17.0 Å². The maximum absolute atomic E-state index is 11.0. The number of nitrogens with one attached hydrogen (secondary N) is 1. The minimum Gasteiger partial charge on any atom is -0.489 e. The van der Waals surface area contributed by atoms with Gasteiger partial charge in [-0.2, -0.15) is 0 Å². The molecule has 104 valence electrons. The maximum Gasteiger partial charge on any atom is 0.248 e. The molecule has 0 saturated carbocycles. The normalized spacial score (nSPS) is 10.1. The van der Waals surface area contributed by atoms with Crippen LogP contribution >= 0.6 is 11.6 Å². The third-order valence-corrected chi connectivity index (χ3v) is 3.23. The van der Waals surface area contributed by atoms with E-state index in [1.807, 2.05) is 31.3 Å². The van der Waals surface area contributed by atoms with E-state index in [4.69, 9.17) is 22.1 Å². The lowest BCUT2D eigenvalue weighted by atomic mass is 10.1. The van der Waals surface area contributed by atoms with Crippen LogP contribution in [0.5, 0.6) is 5.75 Å². The molecule has 2 aromatic rings. The molecule has 2 aromatic carbocycles. The summed E-state index contributed by atoms with van der Waals surface area (Å²) in [7, 11) is 1.86. The number of rotatable bonds is 5. The zero-order valence-electron chi connectivity index (χ0n) is 11.0. The van der Waals surface area contributed by atoms with Crippen LogP contribution in [0.1, 0.15) is 15.9 Å². The molecule has 0 aliphatic heterocycles. The molecule has 0 radical (unpaired) electrons. The summed E-state index contributed by atoms with van der Waals surface area (Å²) < 4.78 is 5.64. The molecule has 0 bridgehead atoms. The van der Waals surface area contributed by atoms with Crippen LogP contribution in [-0.2, 0) is 6.61 Å². The molecular formula is C15H15ClN2O2. The Kier molecular flexibility index (Phi) is 4.48. The lowest BCUT2D eigenvalue weighted by Crippen LogP contribution is -2.11. The number of carbonyl (C=O) groups is 1. The van der Waals surface area contributed by atoms with E-state index >= 15 is 0 Å². The lowest BCUT2D eigenvalue weighted by Gasteiger charge is -2.09. The SMILES string of the molecule is CNc1ccc(OCc2ccc(C(N)=O)cc2Cl)cc1. The zero-order chi connectivity index (χ0) is 14.5. The highest BCUT2D eigenvalue weighted by Crippen LogP contribution is 2.21. The molecule has 1 amide bonds. The minimum atomic E-state index is -0.498. The molecule has 20 heavy (non-hydrogen) atoms. The van der Waals surface area contributed by atoms with Gasteiger partial charge in [-0.1, -0.05) is 17.7 Å². The average Bonchev–Trinajstić information content (AvgIpc) is 2.46. The molecule has 3 N–H and O–H groups in total. The van der Waals surface area contributed by atoms with Gasteiger partial charge in [0.05, 0.1) is 0 Å². The van der Waals surface area contributed by atoms with Crippen molar-refractivity contribution in [3.8, 4) is 5.75 Å². The van der Waals surface area contributed by atoms with Crippen molar-refractivity contribution in [2.75, 3.05) is 12.4 Å². The number of primary amides is 1. The summed E-state index contributed by atoms with van der Waals surface area (Å²) in [4.78, 5) is 11.0. The summed E-state index contributed by atoms with van der Waals surface area (Å²) in [5.41, 5.74) is 7.39. The maximum atomic E-state index is 11.0. The van der Waals surface area contributed by atoms with Crippen molar-refractivity contribution in [1.29, 1.82) is 0 Å². The third-order valence-electron chi connectivity index (χ3n) is 2.87. The van der Waals surface area contributed by atoms with Gasteiger partial charge in [0.25, 0.3) is 0 Å². The average molecular weight is 291 g/mol. The summed E-state index contributed by atoms with van der Waals surface area (Å²) in [6.45, 7) is 0.330. The quantitative estimate of drug-likeness (QED) is 0.889. The molecule has 0 fully saturated rings. The summed E-state index contributed by atoms with van der Waals surface area (Å²) in [6.07, 6.45) is 0. The fraction of sp³-hybridized carbons (Fsp3) is 0.133. The Morgan fingerprint density at radius 1 is 1.25 bits per heavy atom. The van der Waals surface area contributed by atoms with E-state index in [1.165, 1.54) is 0 Å². The topological polar surface area (TPSA) is 64.3 Å². The summed E-state index contributed by atoms with van der Waals surface area (Å²) in [5, 5.41) is 3.50. The fourth-order valence-electron chi connectivity index (χ4n) is 1.70. The number of carbonyl (C=O) groups excluding carboxylic acids is 1. The predicted molar refractivity (Wildman–Crippen MR) is 80.3 cm³/mol. The molecule has 2 rings (SSSR count). The monoisotopic (exact) mass is 290 g/mol. The first-order chi connectivity index (χ1) is 9.60. The van der Waals surface area contributed by atoms with Gasteiger partial charge in [-0.15, -0.1) is 0 Å². The van der Waals surface area contributed by atoms with Crippen LogP contribution in [0.25, 0.3) is 0 Å². The second-order valence-corrected chi connectivity index (χ2v) is 4.64. The van der Waals surface area contributed by atoms with Crippen molar-refractivity contribution >= 4 is 23.2 Å². The Bertz CT molecular complexity index is 612. The fourth-order valence-corrected chi connectivity index (χ4v) is 1.93. The van der Waals surface area contributed by atoms with Gasteiger partial charge in [0.2, 0.25) is 5.91 Å². The third kappa shape index (κ3) is 3.42. The summed E-state index contributed by atoms with van der Waals surface area (Å²) >= 11 is 6.09. The van der Waals surface area contributed by atoms with Gasteiger partial charge in [0.15, 0.2) is 0 Å². The van der Waals surface area contributed by atoms with Gasteiger partial charge in [0, 0.05) is 28.9 Å². The largest absolute Gasteiger partial charge is 0.489 e. The van der Waals surface area contributed by atoms with Crippen molar-refractivity contribution in [2.24, 2.45) is 5.73 Å². The van der Waals surface area contributed by atoms with Crippen molar-refractivity contribution in [3.63, 3.8) is 0 Å². The van der Waals surface area contributed by atoms with Crippen LogP contribution in [0.3, 0.4) is 0 Å². The standard InChI is InChI=1S/C15H15ClN2O2/c1-18-12-4-6-13(7-5-12)20-9-11-3-2-10(15(17)19)8-14(11)16/h2-8,18H,9H2,1H3,(H2,17,19). The molecule has 0 unspecified atom stereocenters. The molecular weight excluding hydrogens is 276 g/mol. The van der Waals surface area contributed by atoms with Gasteiger partial charge in [-0.05, 0) is 36.4 Å². The van der Waals surface area contributed by atoms with Gasteiger partial charge < -0.3 is 15.8 Å². The summed E-state index contributed by atoms with van der Waals surface area (Å²) in [5.74, 6) is 0.251. The number of ether oxygens (including phenoxy) is 1.